The molecule has 6 nitrogen and oxygen atoms in total. The molecular weight excluding hydrogens is 262 g/mol. The molecule has 0 aliphatic carbocycles. The predicted molar refractivity (Wildman–Crippen MR) is 75.8 cm³/mol. The zero-order valence-corrected chi connectivity index (χ0v) is 11.8. The highest BCUT2D eigenvalue weighted by Gasteiger charge is 2.12. The van der Waals surface area contributed by atoms with Crippen molar-refractivity contribution in [2.75, 3.05) is 17.7 Å². The Balaban J connectivity index is 2.11. The number of nitrogens with one attached hydrogen (secondary N) is 2. The molecule has 2 aromatic rings. The van der Waals surface area contributed by atoms with Gasteiger partial charge in [-0.05, 0) is 13.3 Å². The molecule has 0 atom stereocenters. The first-order chi connectivity index (χ1) is 9.13. The molecule has 0 fully saturated rings. The van der Waals surface area contributed by atoms with E-state index in [1.807, 2.05) is 13.8 Å². The normalized spacial score (nSPS) is 10.3. The molecule has 2 heterocycles. The van der Waals surface area contributed by atoms with Crippen LogP contribution < -0.4 is 10.6 Å². The van der Waals surface area contributed by atoms with E-state index in [9.17, 15) is 4.79 Å². The van der Waals surface area contributed by atoms with Gasteiger partial charge >= 0.3 is 0 Å². The molecule has 0 saturated heterocycles. The summed E-state index contributed by atoms with van der Waals surface area (Å²) in [5.74, 6) is 0.321. The van der Waals surface area contributed by atoms with Gasteiger partial charge in [0.15, 0.2) is 5.13 Å². The lowest BCUT2D eigenvalue weighted by atomic mass is 10.3. The summed E-state index contributed by atoms with van der Waals surface area (Å²) in [6.07, 6.45) is 3.80. The van der Waals surface area contributed by atoms with Crippen LogP contribution in [0.15, 0.2) is 12.4 Å². The van der Waals surface area contributed by atoms with E-state index >= 15 is 0 Å². The molecule has 0 radical (unpaired) electrons. The van der Waals surface area contributed by atoms with Crippen LogP contribution in [0, 0.1) is 6.92 Å². The maximum atomic E-state index is 12.0. The minimum absolute atomic E-state index is 0.268. The Hall–Kier alpha value is -2.02. The van der Waals surface area contributed by atoms with Crippen molar-refractivity contribution in [1.29, 1.82) is 0 Å². The molecule has 0 aliphatic rings. The number of carbonyl (C=O) groups is 1. The molecule has 0 bridgehead atoms. The first-order valence-electron chi connectivity index (χ1n) is 5.91. The third kappa shape index (κ3) is 3.05. The third-order valence-electron chi connectivity index (χ3n) is 2.59. The van der Waals surface area contributed by atoms with E-state index in [-0.39, 0.29) is 11.6 Å². The van der Waals surface area contributed by atoms with Gasteiger partial charge < -0.3 is 5.32 Å². The van der Waals surface area contributed by atoms with Crippen molar-refractivity contribution < 1.29 is 4.79 Å². The highest BCUT2D eigenvalue weighted by atomic mass is 32.1. The van der Waals surface area contributed by atoms with E-state index in [1.165, 1.54) is 23.7 Å². The Morgan fingerprint density at radius 1 is 1.37 bits per heavy atom. The van der Waals surface area contributed by atoms with Gasteiger partial charge in [0.25, 0.3) is 5.91 Å². The van der Waals surface area contributed by atoms with Crippen LogP contribution in [-0.2, 0) is 6.42 Å². The van der Waals surface area contributed by atoms with Gasteiger partial charge in [-0.1, -0.05) is 6.92 Å². The van der Waals surface area contributed by atoms with Crippen LogP contribution >= 0.6 is 11.3 Å². The van der Waals surface area contributed by atoms with E-state index in [1.54, 1.807) is 7.05 Å². The summed E-state index contributed by atoms with van der Waals surface area (Å²) in [5, 5.41) is 6.18. The van der Waals surface area contributed by atoms with Crippen LogP contribution in [0.4, 0.5) is 10.9 Å². The number of rotatable bonds is 4. The highest BCUT2D eigenvalue weighted by molar-refractivity contribution is 7.15. The SMILES string of the molecule is CCc1nc(NC(=O)c2cnc(NC)cn2)sc1C. The summed E-state index contributed by atoms with van der Waals surface area (Å²) in [4.78, 5) is 25.5. The lowest BCUT2D eigenvalue weighted by Gasteiger charge is -2.01. The van der Waals surface area contributed by atoms with E-state index in [4.69, 9.17) is 0 Å². The fraction of sp³-hybridized carbons (Fsp3) is 0.333. The predicted octanol–water partition coefficient (Wildman–Crippen LogP) is 2.10. The van der Waals surface area contributed by atoms with Crippen LogP contribution in [0.2, 0.25) is 0 Å². The van der Waals surface area contributed by atoms with Gasteiger partial charge in [0, 0.05) is 11.9 Å². The number of hydrogen-bond acceptors (Lipinski definition) is 6. The molecule has 19 heavy (non-hydrogen) atoms. The van der Waals surface area contributed by atoms with Crippen molar-refractivity contribution in [2.45, 2.75) is 20.3 Å². The molecule has 2 N–H and O–H groups in total. The minimum Gasteiger partial charge on any atom is -0.372 e. The van der Waals surface area contributed by atoms with Crippen LogP contribution in [0.1, 0.15) is 28.0 Å². The van der Waals surface area contributed by atoms with Crippen molar-refractivity contribution in [1.82, 2.24) is 15.0 Å². The quantitative estimate of drug-likeness (QED) is 0.894. The zero-order chi connectivity index (χ0) is 13.8. The van der Waals surface area contributed by atoms with Gasteiger partial charge in [0.1, 0.15) is 11.5 Å². The van der Waals surface area contributed by atoms with Gasteiger partial charge in [-0.2, -0.15) is 0 Å². The second-order valence-electron chi connectivity index (χ2n) is 3.87. The molecule has 0 spiro atoms. The number of carbonyl (C=O) groups excluding carboxylic acids is 1. The first kappa shape index (κ1) is 13.4. The zero-order valence-electron chi connectivity index (χ0n) is 11.0. The number of aromatic nitrogens is 3. The maximum absolute atomic E-state index is 12.0. The average molecular weight is 277 g/mol. The third-order valence-corrected chi connectivity index (χ3v) is 3.52. The van der Waals surface area contributed by atoms with Gasteiger partial charge in [0.05, 0.1) is 18.1 Å². The summed E-state index contributed by atoms with van der Waals surface area (Å²) in [7, 11) is 1.74. The van der Waals surface area contributed by atoms with Crippen molar-refractivity contribution in [3.05, 3.63) is 28.7 Å². The summed E-state index contributed by atoms with van der Waals surface area (Å²) in [6, 6.07) is 0. The van der Waals surface area contributed by atoms with Gasteiger partial charge in [-0.25, -0.2) is 15.0 Å². The highest BCUT2D eigenvalue weighted by Crippen LogP contribution is 2.22. The van der Waals surface area contributed by atoms with Gasteiger partial charge in [-0.3, -0.25) is 10.1 Å². The summed E-state index contributed by atoms with van der Waals surface area (Å²) < 4.78 is 0. The topological polar surface area (TPSA) is 79.8 Å². The largest absolute Gasteiger partial charge is 0.372 e. The number of amides is 1. The molecule has 1 amide bonds. The average Bonchev–Trinajstić information content (AvgIpc) is 2.78. The second-order valence-corrected chi connectivity index (χ2v) is 5.07. The number of nitrogens with zero attached hydrogens (tertiary/aromatic N) is 3. The molecule has 0 unspecified atom stereocenters. The molecule has 0 aliphatic heterocycles. The number of aryl methyl sites for hydroxylation is 2. The Bertz CT molecular complexity index is 578. The Kier molecular flexibility index (Phi) is 4.06. The van der Waals surface area contributed by atoms with E-state index in [0.29, 0.717) is 10.9 Å². The lowest BCUT2D eigenvalue weighted by molar-refractivity contribution is 0.102. The van der Waals surface area contributed by atoms with Crippen LogP contribution in [0.5, 0.6) is 0 Å². The fourth-order valence-electron chi connectivity index (χ4n) is 1.55. The summed E-state index contributed by atoms with van der Waals surface area (Å²) in [6.45, 7) is 4.03. The molecule has 0 saturated carbocycles. The Morgan fingerprint density at radius 3 is 2.68 bits per heavy atom. The van der Waals surface area contributed by atoms with Crippen molar-refractivity contribution in [3.8, 4) is 0 Å². The Morgan fingerprint density at radius 2 is 2.16 bits per heavy atom. The number of thiazole rings is 1. The summed E-state index contributed by atoms with van der Waals surface area (Å²) in [5.41, 5.74) is 1.28. The second kappa shape index (κ2) is 5.75. The lowest BCUT2D eigenvalue weighted by Crippen LogP contribution is -2.14. The van der Waals surface area contributed by atoms with Crippen molar-refractivity contribution in [2.24, 2.45) is 0 Å². The maximum Gasteiger partial charge on any atom is 0.277 e. The molecule has 0 aromatic carbocycles. The molecule has 2 aromatic heterocycles. The number of hydrogen-bond donors (Lipinski definition) is 2. The van der Waals surface area contributed by atoms with Crippen LogP contribution in [0.3, 0.4) is 0 Å². The van der Waals surface area contributed by atoms with Crippen molar-refractivity contribution >= 4 is 28.2 Å². The molecule has 100 valence electrons. The summed E-state index contributed by atoms with van der Waals surface area (Å²) >= 11 is 1.47. The smallest absolute Gasteiger partial charge is 0.277 e. The van der Waals surface area contributed by atoms with Crippen molar-refractivity contribution in [3.63, 3.8) is 0 Å². The van der Waals surface area contributed by atoms with Gasteiger partial charge in [0.2, 0.25) is 0 Å². The van der Waals surface area contributed by atoms with Crippen LogP contribution in [-0.4, -0.2) is 27.9 Å². The monoisotopic (exact) mass is 277 g/mol. The molecule has 7 heteroatoms. The molecular formula is C12H15N5OS. The Labute approximate surface area is 115 Å². The van der Waals surface area contributed by atoms with E-state index < -0.39 is 0 Å². The fourth-order valence-corrected chi connectivity index (χ4v) is 2.44. The van der Waals surface area contributed by atoms with Gasteiger partial charge in [-0.15, -0.1) is 11.3 Å². The van der Waals surface area contributed by atoms with E-state index in [2.05, 4.69) is 25.6 Å². The standard InChI is InChI=1S/C12H15N5OS/c1-4-8-7(2)19-12(16-8)17-11(18)9-5-15-10(13-3)6-14-9/h5-6H,4H2,1-3H3,(H,13,15)(H,16,17,18). The first-order valence-corrected chi connectivity index (χ1v) is 6.73. The van der Waals surface area contributed by atoms with E-state index in [0.717, 1.165) is 17.0 Å². The number of anilines is 2. The minimum atomic E-state index is -0.299. The molecule has 2 rings (SSSR count). The van der Waals surface area contributed by atoms with Crippen LogP contribution in [0.25, 0.3) is 0 Å².